The minimum atomic E-state index is -2.74. The molecule has 0 aromatic carbocycles. The van der Waals surface area contributed by atoms with E-state index in [0.717, 1.165) is 30.9 Å². The largest absolute Gasteiger partial charge is 0.481 e. The molecule has 1 aliphatic carbocycles. The molecular formula is C20H37NO8. The zero-order valence-corrected chi connectivity index (χ0v) is 18.1. The maximum absolute atomic E-state index is 10.3. The quantitative estimate of drug-likeness (QED) is 0.416. The number of rotatable bonds is 10. The van der Waals surface area contributed by atoms with Gasteiger partial charge in [0.15, 0.2) is 5.60 Å². The molecule has 170 valence electrons. The van der Waals surface area contributed by atoms with Crippen LogP contribution in [0.15, 0.2) is 0 Å². The van der Waals surface area contributed by atoms with Crippen LogP contribution < -0.4 is 0 Å². The first-order valence-corrected chi connectivity index (χ1v) is 9.94. The van der Waals surface area contributed by atoms with Crippen LogP contribution in [0, 0.1) is 17.8 Å². The van der Waals surface area contributed by atoms with Gasteiger partial charge in [0, 0.05) is 6.54 Å². The van der Waals surface area contributed by atoms with Crippen LogP contribution in [0.3, 0.4) is 0 Å². The van der Waals surface area contributed by atoms with Crippen molar-refractivity contribution in [2.24, 2.45) is 17.8 Å². The van der Waals surface area contributed by atoms with Crippen LogP contribution in [-0.2, 0) is 19.1 Å². The van der Waals surface area contributed by atoms with Crippen molar-refractivity contribution in [1.82, 2.24) is 4.90 Å². The van der Waals surface area contributed by atoms with Gasteiger partial charge in [0.1, 0.15) is 0 Å². The molecule has 0 amide bonds. The number of aliphatic carboxylic acids is 3. The Labute approximate surface area is 172 Å². The third kappa shape index (κ3) is 11.2. The Morgan fingerprint density at radius 3 is 1.97 bits per heavy atom. The van der Waals surface area contributed by atoms with Crippen molar-refractivity contribution >= 4 is 17.9 Å². The number of carboxylic acids is 3. The number of hydrogen-bond acceptors (Lipinski definition) is 6. The van der Waals surface area contributed by atoms with E-state index in [1.807, 2.05) is 0 Å². The van der Waals surface area contributed by atoms with Gasteiger partial charge in [-0.15, -0.1) is 0 Å². The van der Waals surface area contributed by atoms with Crippen molar-refractivity contribution in [3.8, 4) is 0 Å². The highest BCUT2D eigenvalue weighted by Gasteiger charge is 2.40. The Morgan fingerprint density at radius 1 is 1.07 bits per heavy atom. The summed E-state index contributed by atoms with van der Waals surface area (Å²) in [6.07, 6.45) is 2.21. The van der Waals surface area contributed by atoms with Crippen LogP contribution in [0.4, 0.5) is 0 Å². The Morgan fingerprint density at radius 2 is 1.59 bits per heavy atom. The van der Waals surface area contributed by atoms with Crippen molar-refractivity contribution in [3.05, 3.63) is 0 Å². The van der Waals surface area contributed by atoms with Gasteiger partial charge in [0.05, 0.1) is 25.6 Å². The minimum Gasteiger partial charge on any atom is -0.481 e. The molecule has 4 N–H and O–H groups in total. The average Bonchev–Trinajstić information content (AvgIpc) is 2.53. The maximum Gasteiger partial charge on any atom is 0.336 e. The molecule has 0 bridgehead atoms. The Balaban J connectivity index is 0.000000555. The van der Waals surface area contributed by atoms with Crippen molar-refractivity contribution in [2.45, 2.75) is 64.6 Å². The lowest BCUT2D eigenvalue weighted by molar-refractivity contribution is -0.170. The van der Waals surface area contributed by atoms with E-state index in [4.69, 9.17) is 25.2 Å². The third-order valence-corrected chi connectivity index (χ3v) is 5.12. The molecule has 0 aromatic rings. The molecule has 0 aliphatic heterocycles. The number of carbonyl (C=O) groups is 3. The summed E-state index contributed by atoms with van der Waals surface area (Å²) in [4.78, 5) is 32.7. The molecule has 0 spiro atoms. The zero-order chi connectivity index (χ0) is 22.8. The van der Waals surface area contributed by atoms with Gasteiger partial charge >= 0.3 is 17.9 Å². The molecule has 1 aliphatic rings. The topological polar surface area (TPSA) is 145 Å². The fourth-order valence-corrected chi connectivity index (χ4v) is 3.41. The van der Waals surface area contributed by atoms with E-state index >= 15 is 0 Å². The summed E-state index contributed by atoms with van der Waals surface area (Å²) < 4.78 is 6.10. The van der Waals surface area contributed by atoms with Crippen LogP contribution >= 0.6 is 0 Å². The number of aliphatic hydroxyl groups is 1. The van der Waals surface area contributed by atoms with Gasteiger partial charge in [-0.25, -0.2) is 4.79 Å². The smallest absolute Gasteiger partial charge is 0.336 e. The van der Waals surface area contributed by atoms with E-state index in [9.17, 15) is 14.4 Å². The van der Waals surface area contributed by atoms with Crippen LogP contribution in [0.2, 0.25) is 0 Å². The van der Waals surface area contributed by atoms with Gasteiger partial charge in [-0.2, -0.15) is 0 Å². The number of ether oxygens (including phenoxy) is 1. The van der Waals surface area contributed by atoms with Crippen molar-refractivity contribution in [3.63, 3.8) is 0 Å². The predicted molar refractivity (Wildman–Crippen MR) is 107 cm³/mol. The van der Waals surface area contributed by atoms with E-state index in [1.54, 1.807) is 0 Å². The summed E-state index contributed by atoms with van der Waals surface area (Å²) in [6.45, 7) is 8.95. The SMILES string of the molecule is CC1CCC(C(C)C)C(OCCN(C)C)C1.O=C(O)CC(O)(CC(=O)O)C(=O)O. The molecule has 1 fully saturated rings. The van der Waals surface area contributed by atoms with Gasteiger partial charge in [0.2, 0.25) is 0 Å². The molecule has 0 aromatic heterocycles. The minimum absolute atomic E-state index is 0.503. The zero-order valence-electron chi connectivity index (χ0n) is 18.1. The van der Waals surface area contributed by atoms with Gasteiger partial charge < -0.3 is 30.1 Å². The number of hydrogen-bond donors (Lipinski definition) is 4. The molecule has 3 unspecified atom stereocenters. The molecule has 9 heteroatoms. The predicted octanol–water partition coefficient (Wildman–Crippen LogP) is 1.78. The van der Waals surface area contributed by atoms with Crippen LogP contribution in [0.5, 0.6) is 0 Å². The Bertz CT molecular complexity index is 519. The summed E-state index contributed by atoms with van der Waals surface area (Å²) >= 11 is 0. The first-order valence-electron chi connectivity index (χ1n) is 9.94. The molecule has 0 radical (unpaired) electrons. The standard InChI is InChI=1S/C14H29NO.C6H8O7/c1-11(2)13-7-6-12(3)10-14(13)16-9-8-15(4)5;7-3(8)1-6(13,5(11)12)2-4(9)10/h11-14H,6-10H2,1-5H3;13H,1-2H2,(H,7,8)(H,9,10)(H,11,12). The molecule has 1 saturated carbocycles. The molecule has 1 rings (SSSR count). The summed E-state index contributed by atoms with van der Waals surface area (Å²) in [6, 6.07) is 0. The van der Waals surface area contributed by atoms with Gasteiger partial charge in [-0.3, -0.25) is 9.59 Å². The maximum atomic E-state index is 10.3. The number of likely N-dealkylation sites (N-methyl/N-ethyl adjacent to an activating group) is 1. The number of carboxylic acid groups (broad SMARTS) is 3. The second-order valence-electron chi connectivity index (χ2n) is 8.52. The van der Waals surface area contributed by atoms with E-state index in [-0.39, 0.29) is 0 Å². The molecular weight excluding hydrogens is 382 g/mol. The van der Waals surface area contributed by atoms with E-state index in [2.05, 4.69) is 39.8 Å². The third-order valence-electron chi connectivity index (χ3n) is 5.12. The van der Waals surface area contributed by atoms with Crippen LogP contribution in [0.25, 0.3) is 0 Å². The summed E-state index contributed by atoms with van der Waals surface area (Å²) in [5, 5.41) is 33.8. The van der Waals surface area contributed by atoms with Crippen LogP contribution in [-0.4, -0.2) is 82.2 Å². The second kappa shape index (κ2) is 12.8. The van der Waals surface area contributed by atoms with Crippen LogP contribution in [0.1, 0.15) is 52.9 Å². The lowest BCUT2D eigenvalue weighted by Crippen LogP contribution is -2.42. The Kier molecular flexibility index (Phi) is 12.0. The highest BCUT2D eigenvalue weighted by atomic mass is 16.5. The van der Waals surface area contributed by atoms with Crippen molar-refractivity contribution in [1.29, 1.82) is 0 Å². The molecule has 0 heterocycles. The monoisotopic (exact) mass is 419 g/mol. The second-order valence-corrected chi connectivity index (χ2v) is 8.52. The highest BCUT2D eigenvalue weighted by Crippen LogP contribution is 2.35. The summed E-state index contributed by atoms with van der Waals surface area (Å²) in [5.41, 5.74) is -2.74. The van der Waals surface area contributed by atoms with Crippen molar-refractivity contribution < 1.29 is 39.5 Å². The fraction of sp³-hybridized carbons (Fsp3) is 0.850. The molecule has 29 heavy (non-hydrogen) atoms. The average molecular weight is 420 g/mol. The van der Waals surface area contributed by atoms with Gasteiger partial charge in [0.25, 0.3) is 0 Å². The highest BCUT2D eigenvalue weighted by molar-refractivity contribution is 5.88. The van der Waals surface area contributed by atoms with E-state index in [0.29, 0.717) is 6.10 Å². The number of nitrogens with zero attached hydrogens (tertiary/aromatic N) is 1. The lowest BCUT2D eigenvalue weighted by Gasteiger charge is -2.37. The normalized spacial score (nSPS) is 22.1. The summed E-state index contributed by atoms with van der Waals surface area (Å²) in [7, 11) is 4.21. The first-order chi connectivity index (χ1) is 13.3. The van der Waals surface area contributed by atoms with E-state index < -0.39 is 36.4 Å². The fourth-order valence-electron chi connectivity index (χ4n) is 3.41. The van der Waals surface area contributed by atoms with E-state index in [1.165, 1.54) is 19.3 Å². The van der Waals surface area contributed by atoms with Gasteiger partial charge in [-0.1, -0.05) is 27.2 Å². The first kappa shape index (κ1) is 27.3. The molecule has 9 nitrogen and oxygen atoms in total. The van der Waals surface area contributed by atoms with Crippen molar-refractivity contribution in [2.75, 3.05) is 27.2 Å². The summed E-state index contributed by atoms with van der Waals surface area (Å²) in [5.74, 6) is -2.64. The Hall–Kier alpha value is -1.71. The lowest BCUT2D eigenvalue weighted by atomic mass is 9.75. The molecule has 0 saturated heterocycles. The van der Waals surface area contributed by atoms with Gasteiger partial charge in [-0.05, 0) is 44.7 Å². The molecule has 3 atom stereocenters.